The second kappa shape index (κ2) is 4.94. The molecule has 17 heavy (non-hydrogen) atoms. The minimum absolute atomic E-state index is 0.101. The second-order valence-corrected chi connectivity index (χ2v) is 6.12. The summed E-state index contributed by atoms with van der Waals surface area (Å²) in [4.78, 5) is 16.3. The fourth-order valence-corrected chi connectivity index (χ4v) is 2.40. The second-order valence-electron chi connectivity index (χ2n) is 6.12. The van der Waals surface area contributed by atoms with E-state index in [0.717, 1.165) is 32.7 Å². The number of piperazine rings is 1. The van der Waals surface area contributed by atoms with Crippen LogP contribution in [-0.4, -0.2) is 54.0 Å². The largest absolute Gasteiger partial charge is 0.340 e. The predicted molar refractivity (Wildman–Crippen MR) is 68.6 cm³/mol. The number of carbonyl (C=O) groups is 1. The van der Waals surface area contributed by atoms with Gasteiger partial charge in [-0.1, -0.05) is 13.8 Å². The molecule has 98 valence electrons. The van der Waals surface area contributed by atoms with Crippen molar-refractivity contribution < 1.29 is 4.79 Å². The van der Waals surface area contributed by atoms with Gasteiger partial charge >= 0.3 is 0 Å². The lowest BCUT2D eigenvalue weighted by molar-refractivity contribution is -0.133. The van der Waals surface area contributed by atoms with Gasteiger partial charge in [0.1, 0.15) is 0 Å². The molecule has 2 N–H and O–H groups in total. The van der Waals surface area contributed by atoms with E-state index in [0.29, 0.717) is 18.2 Å². The lowest BCUT2D eigenvalue weighted by atomic mass is 10.1. The van der Waals surface area contributed by atoms with Crippen molar-refractivity contribution in [1.82, 2.24) is 9.80 Å². The molecule has 4 nitrogen and oxygen atoms in total. The van der Waals surface area contributed by atoms with E-state index in [2.05, 4.69) is 18.7 Å². The quantitative estimate of drug-likeness (QED) is 0.784. The third kappa shape index (κ3) is 3.68. The Morgan fingerprint density at radius 3 is 2.29 bits per heavy atom. The molecular formula is C13H25N3O. The number of nitrogens with two attached hydrogens (primary N) is 1. The summed E-state index contributed by atoms with van der Waals surface area (Å²) in [6, 6.07) is 0. The first kappa shape index (κ1) is 12.8. The average molecular weight is 239 g/mol. The molecule has 1 aliphatic carbocycles. The van der Waals surface area contributed by atoms with E-state index in [1.807, 2.05) is 4.90 Å². The first-order chi connectivity index (χ1) is 7.98. The molecule has 1 amide bonds. The molecule has 0 spiro atoms. The van der Waals surface area contributed by atoms with Gasteiger partial charge in [0, 0.05) is 44.7 Å². The molecule has 2 aliphatic rings. The van der Waals surface area contributed by atoms with Gasteiger partial charge in [-0.15, -0.1) is 0 Å². The van der Waals surface area contributed by atoms with Gasteiger partial charge in [0.15, 0.2) is 0 Å². The van der Waals surface area contributed by atoms with Gasteiger partial charge in [-0.05, 0) is 18.8 Å². The Hall–Kier alpha value is -0.610. The summed E-state index contributed by atoms with van der Waals surface area (Å²) in [5.41, 5.74) is 6.22. The van der Waals surface area contributed by atoms with Crippen molar-refractivity contribution >= 4 is 5.91 Å². The summed E-state index contributed by atoms with van der Waals surface area (Å²) >= 11 is 0. The van der Waals surface area contributed by atoms with E-state index in [1.54, 1.807) is 0 Å². The molecule has 1 saturated carbocycles. The number of hydrogen-bond acceptors (Lipinski definition) is 3. The zero-order chi connectivity index (χ0) is 12.5. The number of rotatable bonds is 4. The minimum atomic E-state index is 0.101. The molecule has 0 aromatic heterocycles. The van der Waals surface area contributed by atoms with Gasteiger partial charge in [0.25, 0.3) is 0 Å². The van der Waals surface area contributed by atoms with Gasteiger partial charge in [0.05, 0.1) is 0 Å². The highest BCUT2D eigenvalue weighted by Crippen LogP contribution is 2.33. The van der Waals surface area contributed by atoms with Crippen LogP contribution in [0.4, 0.5) is 0 Å². The fraction of sp³-hybridized carbons (Fsp3) is 0.923. The summed E-state index contributed by atoms with van der Waals surface area (Å²) in [7, 11) is 0. The molecule has 1 heterocycles. The Morgan fingerprint density at radius 2 is 1.82 bits per heavy atom. The Labute approximate surface area is 104 Å². The maximum Gasteiger partial charge on any atom is 0.222 e. The molecule has 0 radical (unpaired) electrons. The zero-order valence-electron chi connectivity index (χ0n) is 11.1. The van der Waals surface area contributed by atoms with Crippen molar-refractivity contribution in [2.24, 2.45) is 11.7 Å². The fourth-order valence-electron chi connectivity index (χ4n) is 2.40. The molecule has 0 bridgehead atoms. The Balaban J connectivity index is 1.72. The predicted octanol–water partition coefficient (Wildman–Crippen LogP) is 0.668. The topological polar surface area (TPSA) is 49.6 Å². The number of carbonyl (C=O) groups excluding carboxylic acids is 1. The smallest absolute Gasteiger partial charge is 0.222 e. The van der Waals surface area contributed by atoms with Crippen molar-refractivity contribution in [1.29, 1.82) is 0 Å². The normalized spacial score (nSPS) is 24.1. The van der Waals surface area contributed by atoms with Crippen LogP contribution in [0.25, 0.3) is 0 Å². The summed E-state index contributed by atoms with van der Waals surface area (Å²) in [6.45, 7) is 8.94. The molecule has 2 rings (SSSR count). The molecule has 0 atom stereocenters. The van der Waals surface area contributed by atoms with E-state index in [-0.39, 0.29) is 5.54 Å². The molecule has 0 aromatic carbocycles. The monoisotopic (exact) mass is 239 g/mol. The lowest BCUT2D eigenvalue weighted by Crippen LogP contribution is -2.52. The van der Waals surface area contributed by atoms with Crippen LogP contribution in [0.2, 0.25) is 0 Å². The van der Waals surface area contributed by atoms with Crippen LogP contribution in [0.3, 0.4) is 0 Å². The van der Waals surface area contributed by atoms with E-state index >= 15 is 0 Å². The Morgan fingerprint density at radius 1 is 1.24 bits per heavy atom. The van der Waals surface area contributed by atoms with Crippen LogP contribution in [0.5, 0.6) is 0 Å². The number of hydrogen-bond donors (Lipinski definition) is 1. The molecule has 0 unspecified atom stereocenters. The van der Waals surface area contributed by atoms with Crippen molar-refractivity contribution in [3.05, 3.63) is 0 Å². The van der Waals surface area contributed by atoms with Crippen LogP contribution >= 0.6 is 0 Å². The summed E-state index contributed by atoms with van der Waals surface area (Å²) in [5, 5.41) is 0. The maximum absolute atomic E-state index is 11.9. The van der Waals surface area contributed by atoms with Crippen molar-refractivity contribution in [2.45, 2.75) is 38.6 Å². The van der Waals surface area contributed by atoms with Crippen LogP contribution in [0.15, 0.2) is 0 Å². The summed E-state index contributed by atoms with van der Waals surface area (Å²) < 4.78 is 0. The van der Waals surface area contributed by atoms with Gasteiger partial charge in [-0.25, -0.2) is 0 Å². The Kier molecular flexibility index (Phi) is 3.73. The van der Waals surface area contributed by atoms with Crippen LogP contribution in [0.1, 0.15) is 33.1 Å². The molecule has 1 aliphatic heterocycles. The zero-order valence-corrected chi connectivity index (χ0v) is 11.1. The SMILES string of the molecule is CC(C)CC(=O)N1CCN(CC2(N)CC2)CC1. The van der Waals surface area contributed by atoms with E-state index in [4.69, 9.17) is 5.73 Å². The minimum Gasteiger partial charge on any atom is -0.340 e. The molecule has 4 heteroatoms. The highest BCUT2D eigenvalue weighted by Gasteiger charge is 2.40. The first-order valence-corrected chi connectivity index (χ1v) is 6.77. The van der Waals surface area contributed by atoms with E-state index in [1.165, 1.54) is 12.8 Å². The highest BCUT2D eigenvalue weighted by molar-refractivity contribution is 5.76. The molecule has 1 saturated heterocycles. The van der Waals surface area contributed by atoms with Crippen molar-refractivity contribution in [3.63, 3.8) is 0 Å². The highest BCUT2D eigenvalue weighted by atomic mass is 16.2. The molecule has 0 aromatic rings. The van der Waals surface area contributed by atoms with Crippen LogP contribution in [-0.2, 0) is 4.79 Å². The van der Waals surface area contributed by atoms with Crippen molar-refractivity contribution in [3.8, 4) is 0 Å². The maximum atomic E-state index is 11.9. The third-order valence-electron chi connectivity index (χ3n) is 3.74. The first-order valence-electron chi connectivity index (χ1n) is 6.77. The van der Waals surface area contributed by atoms with Crippen LogP contribution < -0.4 is 5.73 Å². The number of amides is 1. The van der Waals surface area contributed by atoms with Gasteiger partial charge in [-0.3, -0.25) is 9.69 Å². The average Bonchev–Trinajstić information content (AvgIpc) is 2.96. The van der Waals surface area contributed by atoms with E-state index < -0.39 is 0 Å². The Bertz CT molecular complexity index is 278. The summed E-state index contributed by atoms with van der Waals surface area (Å²) in [6.07, 6.45) is 3.01. The van der Waals surface area contributed by atoms with E-state index in [9.17, 15) is 4.79 Å². The number of nitrogens with zero attached hydrogens (tertiary/aromatic N) is 2. The third-order valence-corrected chi connectivity index (χ3v) is 3.74. The molecule has 2 fully saturated rings. The van der Waals surface area contributed by atoms with Gasteiger partial charge in [-0.2, -0.15) is 0 Å². The molecular weight excluding hydrogens is 214 g/mol. The lowest BCUT2D eigenvalue weighted by Gasteiger charge is -2.36. The van der Waals surface area contributed by atoms with Crippen LogP contribution in [0, 0.1) is 5.92 Å². The standard InChI is InChI=1S/C13H25N3O/c1-11(2)9-12(17)16-7-5-15(6-8-16)10-13(14)3-4-13/h11H,3-10,14H2,1-2H3. The summed E-state index contributed by atoms with van der Waals surface area (Å²) in [5.74, 6) is 0.771. The van der Waals surface area contributed by atoms with Gasteiger partial charge < -0.3 is 10.6 Å². The van der Waals surface area contributed by atoms with Crippen molar-refractivity contribution in [2.75, 3.05) is 32.7 Å². The van der Waals surface area contributed by atoms with Gasteiger partial charge in [0.2, 0.25) is 5.91 Å².